The molecule has 6 heteroatoms. The van der Waals surface area contributed by atoms with Gasteiger partial charge >= 0.3 is 0 Å². The molecule has 0 aliphatic rings. The van der Waals surface area contributed by atoms with Gasteiger partial charge in [0, 0.05) is 10.3 Å². The van der Waals surface area contributed by atoms with E-state index in [1.54, 1.807) is 29.7 Å². The van der Waals surface area contributed by atoms with E-state index in [9.17, 15) is 9.59 Å². The molecular weight excluding hydrogens is 348 g/mol. The van der Waals surface area contributed by atoms with Crippen LogP contribution in [0, 0.1) is 0 Å². The van der Waals surface area contributed by atoms with Crippen LogP contribution < -0.4 is 10.8 Å². The topological polar surface area (TPSA) is 78.4 Å². The molecule has 3 N–H and O–H groups in total. The SMILES string of the molecule is CCC[C@@H](NC(=O)c1cc2ccccc2s1)c1ccc(C(=O)NO)cc1. The molecule has 0 radical (unpaired) electrons. The zero-order chi connectivity index (χ0) is 18.5. The Morgan fingerprint density at radius 2 is 1.81 bits per heavy atom. The van der Waals surface area contributed by atoms with Gasteiger partial charge in [-0.15, -0.1) is 11.3 Å². The average Bonchev–Trinajstić information content (AvgIpc) is 3.11. The number of hydrogen-bond acceptors (Lipinski definition) is 4. The molecule has 2 amide bonds. The molecule has 5 nitrogen and oxygen atoms in total. The summed E-state index contributed by atoms with van der Waals surface area (Å²) in [5.41, 5.74) is 2.90. The lowest BCUT2D eigenvalue weighted by Crippen LogP contribution is -2.28. The first-order valence-electron chi connectivity index (χ1n) is 8.46. The predicted octanol–water partition coefficient (Wildman–Crippen LogP) is 4.29. The molecule has 26 heavy (non-hydrogen) atoms. The maximum atomic E-state index is 12.7. The van der Waals surface area contributed by atoms with Crippen molar-refractivity contribution in [2.24, 2.45) is 0 Å². The van der Waals surface area contributed by atoms with E-state index in [1.165, 1.54) is 11.3 Å². The lowest BCUT2D eigenvalue weighted by Gasteiger charge is -2.18. The van der Waals surface area contributed by atoms with Crippen LogP contribution in [0.3, 0.4) is 0 Å². The number of amides is 2. The maximum Gasteiger partial charge on any atom is 0.274 e. The van der Waals surface area contributed by atoms with Crippen LogP contribution >= 0.6 is 11.3 Å². The van der Waals surface area contributed by atoms with Gasteiger partial charge in [-0.1, -0.05) is 43.7 Å². The van der Waals surface area contributed by atoms with Gasteiger partial charge in [0.05, 0.1) is 10.9 Å². The van der Waals surface area contributed by atoms with E-state index in [0.29, 0.717) is 10.4 Å². The molecule has 134 valence electrons. The molecule has 2 aromatic carbocycles. The van der Waals surface area contributed by atoms with Gasteiger partial charge < -0.3 is 5.32 Å². The zero-order valence-electron chi connectivity index (χ0n) is 14.4. The summed E-state index contributed by atoms with van der Waals surface area (Å²) >= 11 is 1.48. The zero-order valence-corrected chi connectivity index (χ0v) is 15.2. The number of carbonyl (C=O) groups excluding carboxylic acids is 2. The highest BCUT2D eigenvalue weighted by molar-refractivity contribution is 7.20. The third-order valence-electron chi connectivity index (χ3n) is 4.21. The smallest absolute Gasteiger partial charge is 0.274 e. The van der Waals surface area contributed by atoms with Crippen molar-refractivity contribution in [1.29, 1.82) is 0 Å². The summed E-state index contributed by atoms with van der Waals surface area (Å²) in [6.45, 7) is 2.06. The molecule has 1 atom stereocenters. The first-order chi connectivity index (χ1) is 12.6. The summed E-state index contributed by atoms with van der Waals surface area (Å²) in [5, 5.41) is 12.9. The summed E-state index contributed by atoms with van der Waals surface area (Å²) in [7, 11) is 0. The first-order valence-corrected chi connectivity index (χ1v) is 9.28. The van der Waals surface area contributed by atoms with E-state index in [1.807, 2.05) is 30.3 Å². The van der Waals surface area contributed by atoms with Crippen LogP contribution in [0.25, 0.3) is 10.1 Å². The molecule has 3 rings (SSSR count). The average molecular weight is 368 g/mol. The minimum atomic E-state index is -0.557. The Morgan fingerprint density at radius 3 is 2.46 bits per heavy atom. The normalized spacial score (nSPS) is 11.9. The van der Waals surface area contributed by atoms with Crippen LogP contribution in [-0.4, -0.2) is 17.0 Å². The predicted molar refractivity (Wildman–Crippen MR) is 103 cm³/mol. The van der Waals surface area contributed by atoms with Crippen molar-refractivity contribution < 1.29 is 14.8 Å². The van der Waals surface area contributed by atoms with Gasteiger partial charge in [-0.05, 0) is 41.6 Å². The molecule has 0 fully saturated rings. The Morgan fingerprint density at radius 1 is 1.08 bits per heavy atom. The van der Waals surface area contributed by atoms with E-state index in [-0.39, 0.29) is 11.9 Å². The fraction of sp³-hybridized carbons (Fsp3) is 0.200. The number of rotatable bonds is 6. The van der Waals surface area contributed by atoms with Crippen molar-refractivity contribution in [2.45, 2.75) is 25.8 Å². The minimum absolute atomic E-state index is 0.0955. The second-order valence-electron chi connectivity index (χ2n) is 6.03. The van der Waals surface area contributed by atoms with Crippen LogP contribution in [0.5, 0.6) is 0 Å². The molecule has 0 saturated heterocycles. The van der Waals surface area contributed by atoms with E-state index < -0.39 is 5.91 Å². The molecule has 0 saturated carbocycles. The number of thiophene rings is 1. The van der Waals surface area contributed by atoms with E-state index in [4.69, 9.17) is 5.21 Å². The van der Waals surface area contributed by atoms with Gasteiger partial charge in [-0.2, -0.15) is 0 Å². The van der Waals surface area contributed by atoms with E-state index >= 15 is 0 Å². The van der Waals surface area contributed by atoms with Crippen LogP contribution in [0.15, 0.2) is 54.6 Å². The van der Waals surface area contributed by atoms with Crippen molar-refractivity contribution in [3.05, 3.63) is 70.6 Å². The summed E-state index contributed by atoms with van der Waals surface area (Å²) < 4.78 is 1.09. The highest BCUT2D eigenvalue weighted by atomic mass is 32.1. The summed E-state index contributed by atoms with van der Waals surface area (Å²) in [6, 6.07) is 16.6. The molecule has 0 aliphatic heterocycles. The molecule has 3 aromatic rings. The third-order valence-corrected chi connectivity index (χ3v) is 5.32. The van der Waals surface area contributed by atoms with Crippen LogP contribution in [0.1, 0.15) is 51.4 Å². The van der Waals surface area contributed by atoms with Gasteiger partial charge in [0.25, 0.3) is 11.8 Å². The molecule has 0 aliphatic carbocycles. The molecule has 0 spiro atoms. The van der Waals surface area contributed by atoms with Crippen molar-refractivity contribution in [1.82, 2.24) is 10.8 Å². The number of hydroxylamine groups is 1. The van der Waals surface area contributed by atoms with Gasteiger partial charge in [0.15, 0.2) is 0 Å². The summed E-state index contributed by atoms with van der Waals surface area (Å²) in [4.78, 5) is 24.8. The summed E-state index contributed by atoms with van der Waals surface area (Å²) in [5.74, 6) is -0.653. The molecule has 1 heterocycles. The molecule has 1 aromatic heterocycles. The second-order valence-corrected chi connectivity index (χ2v) is 7.11. The lowest BCUT2D eigenvalue weighted by atomic mass is 10.0. The van der Waals surface area contributed by atoms with Crippen LogP contribution in [-0.2, 0) is 0 Å². The quantitative estimate of drug-likeness (QED) is 0.448. The fourth-order valence-electron chi connectivity index (χ4n) is 2.87. The third kappa shape index (κ3) is 3.92. The largest absolute Gasteiger partial charge is 0.345 e. The number of fused-ring (bicyclic) bond motifs is 1. The Kier molecular flexibility index (Phi) is 5.65. The highest BCUT2D eigenvalue weighted by Gasteiger charge is 2.17. The van der Waals surface area contributed by atoms with E-state index in [0.717, 1.165) is 28.5 Å². The molecular formula is C20H20N2O3S. The van der Waals surface area contributed by atoms with Gasteiger partial charge in [0.1, 0.15) is 0 Å². The lowest BCUT2D eigenvalue weighted by molar-refractivity contribution is 0.0706. The Bertz CT molecular complexity index is 885. The number of carbonyl (C=O) groups is 2. The number of benzene rings is 2. The Labute approximate surface area is 155 Å². The number of hydrogen-bond donors (Lipinski definition) is 3. The van der Waals surface area contributed by atoms with E-state index in [2.05, 4.69) is 12.2 Å². The van der Waals surface area contributed by atoms with Gasteiger partial charge in [-0.25, -0.2) is 5.48 Å². The first kappa shape index (κ1) is 18.1. The van der Waals surface area contributed by atoms with Crippen molar-refractivity contribution >= 4 is 33.2 Å². The summed E-state index contributed by atoms with van der Waals surface area (Å²) in [6.07, 6.45) is 1.71. The van der Waals surface area contributed by atoms with Crippen LogP contribution in [0.4, 0.5) is 0 Å². The molecule has 0 bridgehead atoms. The maximum absolute atomic E-state index is 12.7. The van der Waals surface area contributed by atoms with Crippen molar-refractivity contribution in [2.75, 3.05) is 0 Å². The standard InChI is InChI=1S/C20H20N2O3S/c1-2-5-16(13-8-10-14(11-9-13)19(23)22-25)21-20(24)18-12-15-6-3-4-7-17(15)26-18/h3-4,6-12,16,25H,2,5H2,1H3,(H,21,24)(H,22,23)/t16-/m1/s1. The minimum Gasteiger partial charge on any atom is -0.345 e. The number of nitrogens with one attached hydrogen (secondary N) is 2. The highest BCUT2D eigenvalue weighted by Crippen LogP contribution is 2.26. The Balaban J connectivity index is 1.79. The fourth-order valence-corrected chi connectivity index (χ4v) is 3.83. The second kappa shape index (κ2) is 8.12. The Hall–Kier alpha value is -2.70. The van der Waals surface area contributed by atoms with Crippen molar-refractivity contribution in [3.8, 4) is 0 Å². The monoisotopic (exact) mass is 368 g/mol. The van der Waals surface area contributed by atoms with Crippen molar-refractivity contribution in [3.63, 3.8) is 0 Å². The molecule has 0 unspecified atom stereocenters. The van der Waals surface area contributed by atoms with Crippen LogP contribution in [0.2, 0.25) is 0 Å². The van der Waals surface area contributed by atoms with Gasteiger partial charge in [-0.3, -0.25) is 14.8 Å². The van der Waals surface area contributed by atoms with Gasteiger partial charge in [0.2, 0.25) is 0 Å².